The van der Waals surface area contributed by atoms with Crippen LogP contribution in [0.2, 0.25) is 0 Å². The number of hydrogen-bond donors (Lipinski definition) is 2. The summed E-state index contributed by atoms with van der Waals surface area (Å²) in [6.07, 6.45) is 2.59. The van der Waals surface area contributed by atoms with E-state index in [2.05, 4.69) is 49.1 Å². The summed E-state index contributed by atoms with van der Waals surface area (Å²) in [5, 5.41) is 0. The van der Waals surface area contributed by atoms with Crippen LogP contribution in [0.3, 0.4) is 0 Å². The van der Waals surface area contributed by atoms with Gasteiger partial charge in [-0.25, -0.2) is 9.97 Å². The van der Waals surface area contributed by atoms with Gasteiger partial charge in [0.2, 0.25) is 0 Å². The van der Waals surface area contributed by atoms with Crippen molar-refractivity contribution in [2.75, 3.05) is 6.54 Å². The summed E-state index contributed by atoms with van der Waals surface area (Å²) in [6.45, 7) is 0.591. The maximum absolute atomic E-state index is 5.63. The lowest BCUT2D eigenvalue weighted by Crippen LogP contribution is -2.04. The molecule has 3 N–H and O–H groups in total. The molecular formula is C13H14BrN5. The Labute approximate surface area is 119 Å². The minimum Gasteiger partial charge on any atom is -0.336 e. The van der Waals surface area contributed by atoms with Crippen molar-refractivity contribution in [2.24, 2.45) is 12.8 Å². The van der Waals surface area contributed by atoms with Crippen molar-refractivity contribution in [1.29, 1.82) is 0 Å². The van der Waals surface area contributed by atoms with Gasteiger partial charge in [0.1, 0.15) is 0 Å². The highest BCUT2D eigenvalue weighted by Crippen LogP contribution is 2.26. The van der Waals surface area contributed by atoms with Gasteiger partial charge in [-0.2, -0.15) is 0 Å². The van der Waals surface area contributed by atoms with E-state index in [0.717, 1.165) is 39.1 Å². The monoisotopic (exact) mass is 319 g/mol. The molecule has 2 aromatic heterocycles. The van der Waals surface area contributed by atoms with Gasteiger partial charge in [0.15, 0.2) is 4.73 Å². The molecule has 0 unspecified atom stereocenters. The van der Waals surface area contributed by atoms with Crippen molar-refractivity contribution < 1.29 is 0 Å². The first kappa shape index (κ1) is 12.4. The number of hydrogen-bond acceptors (Lipinski definition) is 3. The number of nitrogens with one attached hydrogen (secondary N) is 1. The van der Waals surface area contributed by atoms with E-state index in [4.69, 9.17) is 5.73 Å². The van der Waals surface area contributed by atoms with Gasteiger partial charge in [0.25, 0.3) is 0 Å². The van der Waals surface area contributed by atoms with Gasteiger partial charge in [0, 0.05) is 24.7 Å². The zero-order valence-corrected chi connectivity index (χ0v) is 12.1. The zero-order valence-electron chi connectivity index (χ0n) is 10.5. The number of H-pyrrole nitrogens is 1. The third kappa shape index (κ3) is 2.17. The summed E-state index contributed by atoms with van der Waals surface area (Å²) in [6, 6.07) is 6.18. The number of nitrogens with zero attached hydrogens (tertiary/aromatic N) is 3. The van der Waals surface area contributed by atoms with Gasteiger partial charge in [0.05, 0.1) is 23.1 Å². The summed E-state index contributed by atoms with van der Waals surface area (Å²) in [5.74, 6) is 0. The van der Waals surface area contributed by atoms with E-state index in [1.807, 2.05) is 17.9 Å². The van der Waals surface area contributed by atoms with Crippen LogP contribution < -0.4 is 5.73 Å². The molecular weight excluding hydrogens is 306 g/mol. The van der Waals surface area contributed by atoms with Crippen LogP contribution >= 0.6 is 15.9 Å². The van der Waals surface area contributed by atoms with Crippen LogP contribution in [0.1, 0.15) is 5.69 Å². The van der Waals surface area contributed by atoms with Crippen molar-refractivity contribution in [1.82, 2.24) is 19.5 Å². The summed E-state index contributed by atoms with van der Waals surface area (Å²) >= 11 is 3.38. The lowest BCUT2D eigenvalue weighted by Gasteiger charge is -2.02. The summed E-state index contributed by atoms with van der Waals surface area (Å²) in [4.78, 5) is 12.1. The Balaban J connectivity index is 2.13. The molecule has 0 aliphatic heterocycles. The number of halogens is 1. The van der Waals surface area contributed by atoms with Gasteiger partial charge in [-0.1, -0.05) is 6.07 Å². The van der Waals surface area contributed by atoms with Crippen molar-refractivity contribution in [3.8, 4) is 11.3 Å². The quantitative estimate of drug-likeness (QED) is 0.777. The normalized spacial score (nSPS) is 11.3. The van der Waals surface area contributed by atoms with E-state index >= 15 is 0 Å². The van der Waals surface area contributed by atoms with Crippen LogP contribution in [0.5, 0.6) is 0 Å². The highest BCUT2D eigenvalue weighted by atomic mass is 79.9. The molecule has 5 nitrogen and oxygen atoms in total. The van der Waals surface area contributed by atoms with Gasteiger partial charge in [-0.05, 0) is 34.6 Å². The topological polar surface area (TPSA) is 72.5 Å². The highest BCUT2D eigenvalue weighted by molar-refractivity contribution is 9.10. The van der Waals surface area contributed by atoms with E-state index in [0.29, 0.717) is 6.54 Å². The van der Waals surface area contributed by atoms with Crippen LogP contribution in [-0.4, -0.2) is 26.1 Å². The number of aromatic amines is 1. The molecule has 1 aromatic carbocycles. The predicted octanol–water partition coefficient (Wildman–Crippen LogP) is 2.23. The average Bonchev–Trinajstić information content (AvgIpc) is 2.94. The number of imidazole rings is 2. The molecule has 3 aromatic rings. The van der Waals surface area contributed by atoms with Gasteiger partial charge >= 0.3 is 0 Å². The highest BCUT2D eigenvalue weighted by Gasteiger charge is 2.12. The zero-order chi connectivity index (χ0) is 13.4. The Morgan fingerprint density at radius 1 is 1.42 bits per heavy atom. The molecule has 3 rings (SSSR count). The van der Waals surface area contributed by atoms with Gasteiger partial charge in [-0.3, -0.25) is 0 Å². The number of nitrogens with two attached hydrogens (primary N) is 1. The van der Waals surface area contributed by atoms with E-state index in [-0.39, 0.29) is 0 Å². The molecule has 98 valence electrons. The molecule has 6 heteroatoms. The number of aromatic nitrogens is 4. The van der Waals surface area contributed by atoms with Crippen LogP contribution in [0.15, 0.2) is 29.3 Å². The van der Waals surface area contributed by atoms with Crippen LogP contribution in [0, 0.1) is 0 Å². The molecule has 0 saturated carbocycles. The van der Waals surface area contributed by atoms with Crippen molar-refractivity contribution in [3.05, 3.63) is 35.0 Å². The second-order valence-electron chi connectivity index (χ2n) is 4.45. The van der Waals surface area contributed by atoms with E-state index in [9.17, 15) is 0 Å². The smallest absolute Gasteiger partial charge is 0.175 e. The van der Waals surface area contributed by atoms with Crippen molar-refractivity contribution in [3.63, 3.8) is 0 Å². The van der Waals surface area contributed by atoms with E-state index < -0.39 is 0 Å². The Morgan fingerprint density at radius 3 is 3.05 bits per heavy atom. The number of benzene rings is 1. The maximum atomic E-state index is 5.63. The minimum absolute atomic E-state index is 0.591. The Bertz CT molecular complexity index is 728. The van der Waals surface area contributed by atoms with Crippen molar-refractivity contribution >= 4 is 27.0 Å². The van der Waals surface area contributed by atoms with Crippen LogP contribution in [0.4, 0.5) is 0 Å². The molecule has 0 spiro atoms. The predicted molar refractivity (Wildman–Crippen MR) is 78.8 cm³/mol. The fourth-order valence-corrected chi connectivity index (χ4v) is 2.64. The molecule has 2 heterocycles. The molecule has 0 atom stereocenters. The maximum Gasteiger partial charge on any atom is 0.175 e. The largest absolute Gasteiger partial charge is 0.336 e. The Kier molecular flexibility index (Phi) is 3.12. The molecule has 0 fully saturated rings. The molecule has 0 saturated heterocycles. The average molecular weight is 320 g/mol. The molecule has 19 heavy (non-hydrogen) atoms. The Morgan fingerprint density at radius 2 is 2.26 bits per heavy atom. The van der Waals surface area contributed by atoms with Crippen LogP contribution in [-0.2, 0) is 13.5 Å². The van der Waals surface area contributed by atoms with Gasteiger partial charge < -0.3 is 15.3 Å². The standard InChI is InChI=1S/C13H14BrN5/c1-19-7-16-10-6-8(2-3-11(10)19)12-9(4-5-15)17-13(14)18-12/h2-3,6-7H,4-5,15H2,1H3,(H,17,18). The number of aryl methyl sites for hydroxylation is 1. The fourth-order valence-electron chi connectivity index (χ4n) is 2.22. The summed E-state index contributed by atoms with van der Waals surface area (Å²) in [5.41, 5.74) is 10.7. The molecule has 0 bridgehead atoms. The second-order valence-corrected chi connectivity index (χ2v) is 5.20. The molecule has 0 amide bonds. The minimum atomic E-state index is 0.591. The third-order valence-electron chi connectivity index (χ3n) is 3.14. The van der Waals surface area contributed by atoms with Gasteiger partial charge in [-0.15, -0.1) is 0 Å². The SMILES string of the molecule is Cn1cnc2cc(-c3nc(Br)[nH]c3CCN)ccc21. The summed E-state index contributed by atoms with van der Waals surface area (Å²) < 4.78 is 2.73. The third-order valence-corrected chi connectivity index (χ3v) is 3.52. The molecule has 0 radical (unpaired) electrons. The molecule has 0 aliphatic carbocycles. The first-order valence-corrected chi connectivity index (χ1v) is 6.84. The first-order chi connectivity index (χ1) is 9.19. The second kappa shape index (κ2) is 4.79. The fraction of sp³-hybridized carbons (Fsp3) is 0.231. The summed E-state index contributed by atoms with van der Waals surface area (Å²) in [7, 11) is 1.99. The molecule has 0 aliphatic rings. The Hall–Kier alpha value is -1.66. The van der Waals surface area contributed by atoms with E-state index in [1.54, 1.807) is 0 Å². The lowest BCUT2D eigenvalue weighted by atomic mass is 10.1. The van der Waals surface area contributed by atoms with E-state index in [1.165, 1.54) is 0 Å². The van der Waals surface area contributed by atoms with Crippen LogP contribution in [0.25, 0.3) is 22.3 Å². The number of fused-ring (bicyclic) bond motifs is 1. The lowest BCUT2D eigenvalue weighted by molar-refractivity contribution is 0.934. The number of rotatable bonds is 3. The van der Waals surface area contributed by atoms with Crippen molar-refractivity contribution in [2.45, 2.75) is 6.42 Å². The first-order valence-electron chi connectivity index (χ1n) is 6.05.